The maximum absolute atomic E-state index is 11.7. The van der Waals surface area contributed by atoms with Crippen molar-refractivity contribution in [2.45, 2.75) is 72.4 Å². The molecule has 0 radical (unpaired) electrons. The van der Waals surface area contributed by atoms with Crippen molar-refractivity contribution in [1.82, 2.24) is 0 Å². The molecule has 8 heteroatoms. The minimum atomic E-state index is -4.17. The van der Waals surface area contributed by atoms with Crippen molar-refractivity contribution in [1.29, 1.82) is 0 Å². The molecule has 0 amide bonds. The molecule has 0 aliphatic carbocycles. The molecule has 0 aliphatic rings. The zero-order chi connectivity index (χ0) is 19.3. The average molecular weight is 378 g/mol. The van der Waals surface area contributed by atoms with E-state index in [-0.39, 0.29) is 12.8 Å². The summed E-state index contributed by atoms with van der Waals surface area (Å²) in [5.74, 6) is -0.424. The van der Waals surface area contributed by atoms with Crippen molar-refractivity contribution in [3.05, 3.63) is 0 Å². The number of halogens is 3. The SMILES string of the molecule is CC[N+](CC)(CC)CC.O=S(=O)([O-])CCCCCCCC(F)(F)F. The third kappa shape index (κ3) is 16.5. The molecule has 0 atom stereocenters. The highest BCUT2D eigenvalue weighted by atomic mass is 32.2. The highest BCUT2D eigenvalue weighted by molar-refractivity contribution is 7.85. The molecular weight excluding hydrogens is 343 g/mol. The standard InChI is InChI=1S/C8H15F3O3S.C8H20N/c9-8(10,11)6-4-2-1-3-5-7-15(12,13)14;1-5-9(6-2,7-3)8-4/h1-7H2,(H,12,13,14);5-8H2,1-4H3/q;+1/p-1. The molecule has 0 aromatic rings. The van der Waals surface area contributed by atoms with Gasteiger partial charge in [-0.25, -0.2) is 8.42 Å². The molecule has 0 aromatic carbocycles. The van der Waals surface area contributed by atoms with Crippen LogP contribution in [-0.4, -0.2) is 55.6 Å². The number of unbranched alkanes of at least 4 members (excludes halogenated alkanes) is 4. The van der Waals surface area contributed by atoms with E-state index < -0.39 is 28.5 Å². The third-order valence-corrected chi connectivity index (χ3v) is 5.33. The Morgan fingerprint density at radius 3 is 1.46 bits per heavy atom. The summed E-state index contributed by atoms with van der Waals surface area (Å²) in [6, 6.07) is 0. The number of nitrogens with zero attached hydrogens (tertiary/aromatic N) is 1. The van der Waals surface area contributed by atoms with Crippen LogP contribution in [0.25, 0.3) is 0 Å². The summed E-state index contributed by atoms with van der Waals surface area (Å²) in [4.78, 5) is 0. The second kappa shape index (κ2) is 12.9. The normalized spacial score (nSPS) is 12.7. The van der Waals surface area contributed by atoms with Gasteiger partial charge in [-0.1, -0.05) is 19.3 Å². The van der Waals surface area contributed by atoms with Crippen molar-refractivity contribution in [2.75, 3.05) is 31.9 Å². The topological polar surface area (TPSA) is 57.2 Å². The smallest absolute Gasteiger partial charge is 0.389 e. The minimum Gasteiger partial charge on any atom is -0.748 e. The number of rotatable bonds is 11. The van der Waals surface area contributed by atoms with Crippen LogP contribution in [0.15, 0.2) is 0 Å². The van der Waals surface area contributed by atoms with Crippen molar-refractivity contribution in [3.8, 4) is 0 Å². The van der Waals surface area contributed by atoms with Gasteiger partial charge in [0.25, 0.3) is 0 Å². The van der Waals surface area contributed by atoms with E-state index in [2.05, 4.69) is 27.7 Å². The summed E-state index contributed by atoms with van der Waals surface area (Å²) < 4.78 is 66.7. The van der Waals surface area contributed by atoms with Crippen LogP contribution in [0.4, 0.5) is 13.2 Å². The summed E-state index contributed by atoms with van der Waals surface area (Å²) in [6.07, 6.45) is -3.18. The first-order valence-electron chi connectivity index (χ1n) is 8.80. The fraction of sp³-hybridized carbons (Fsp3) is 1.00. The maximum Gasteiger partial charge on any atom is 0.389 e. The Balaban J connectivity index is 0. The highest BCUT2D eigenvalue weighted by Crippen LogP contribution is 2.23. The Hall–Kier alpha value is -0.340. The van der Waals surface area contributed by atoms with Gasteiger partial charge in [0.1, 0.15) is 0 Å². The Kier molecular flexibility index (Phi) is 14.0. The lowest BCUT2D eigenvalue weighted by molar-refractivity contribution is -0.921. The lowest BCUT2D eigenvalue weighted by Crippen LogP contribution is -2.47. The molecular formula is C16H34F3NO3S. The number of hydrogen-bond acceptors (Lipinski definition) is 3. The first kappa shape index (κ1) is 25.9. The van der Waals surface area contributed by atoms with Crippen molar-refractivity contribution in [3.63, 3.8) is 0 Å². The Labute approximate surface area is 145 Å². The second-order valence-corrected chi connectivity index (χ2v) is 7.52. The fourth-order valence-corrected chi connectivity index (χ4v) is 3.03. The third-order valence-electron chi connectivity index (χ3n) is 4.54. The van der Waals surface area contributed by atoms with Crippen LogP contribution in [0, 0.1) is 0 Å². The van der Waals surface area contributed by atoms with Gasteiger partial charge >= 0.3 is 6.18 Å². The summed E-state index contributed by atoms with van der Waals surface area (Å²) >= 11 is 0. The summed E-state index contributed by atoms with van der Waals surface area (Å²) in [5.41, 5.74) is 0. The van der Waals surface area contributed by atoms with Crippen LogP contribution in [0.5, 0.6) is 0 Å². The van der Waals surface area contributed by atoms with Gasteiger partial charge in [-0.15, -0.1) is 0 Å². The number of quaternary nitrogens is 1. The van der Waals surface area contributed by atoms with Gasteiger partial charge in [-0.3, -0.25) is 0 Å². The molecule has 148 valence electrons. The molecule has 0 saturated heterocycles. The molecule has 0 unspecified atom stereocenters. The minimum absolute atomic E-state index is 0.0631. The van der Waals surface area contributed by atoms with Gasteiger partial charge in [-0.2, -0.15) is 13.2 Å². The van der Waals surface area contributed by atoms with E-state index in [0.717, 1.165) is 0 Å². The van der Waals surface area contributed by atoms with E-state index in [0.29, 0.717) is 19.3 Å². The van der Waals surface area contributed by atoms with E-state index in [9.17, 15) is 26.1 Å². The summed E-state index contributed by atoms with van der Waals surface area (Å²) in [7, 11) is -4.17. The van der Waals surface area contributed by atoms with E-state index in [4.69, 9.17) is 0 Å². The largest absolute Gasteiger partial charge is 0.748 e. The maximum atomic E-state index is 11.7. The average Bonchev–Trinajstić information content (AvgIpc) is 2.48. The predicted molar refractivity (Wildman–Crippen MR) is 90.7 cm³/mol. The molecule has 0 rings (SSSR count). The van der Waals surface area contributed by atoms with Gasteiger partial charge < -0.3 is 9.04 Å². The van der Waals surface area contributed by atoms with E-state index in [1.165, 1.54) is 30.7 Å². The lowest BCUT2D eigenvalue weighted by atomic mass is 10.1. The van der Waals surface area contributed by atoms with E-state index >= 15 is 0 Å². The van der Waals surface area contributed by atoms with Crippen molar-refractivity contribution < 1.29 is 30.6 Å². The molecule has 0 heterocycles. The predicted octanol–water partition coefficient (Wildman–Crippen LogP) is 4.32. The van der Waals surface area contributed by atoms with Gasteiger partial charge in [0.2, 0.25) is 0 Å². The van der Waals surface area contributed by atoms with Crippen LogP contribution in [0.1, 0.15) is 66.2 Å². The molecule has 0 saturated carbocycles. The molecule has 0 spiro atoms. The zero-order valence-corrected chi connectivity index (χ0v) is 16.3. The Bertz CT molecular complexity index is 376. The van der Waals surface area contributed by atoms with Crippen LogP contribution in [0.3, 0.4) is 0 Å². The summed E-state index contributed by atoms with van der Waals surface area (Å²) in [5, 5.41) is 0. The highest BCUT2D eigenvalue weighted by Gasteiger charge is 2.25. The molecule has 0 aliphatic heterocycles. The number of alkyl halides is 3. The quantitative estimate of drug-likeness (QED) is 0.306. The van der Waals surface area contributed by atoms with Gasteiger partial charge in [0.05, 0.1) is 36.3 Å². The lowest BCUT2D eigenvalue weighted by Gasteiger charge is -2.34. The van der Waals surface area contributed by atoms with Gasteiger partial charge in [0, 0.05) is 12.2 Å². The van der Waals surface area contributed by atoms with E-state index in [1.54, 1.807) is 0 Å². The molecule has 0 fully saturated rings. The Morgan fingerprint density at radius 2 is 1.17 bits per heavy atom. The Morgan fingerprint density at radius 1 is 0.792 bits per heavy atom. The fourth-order valence-electron chi connectivity index (χ4n) is 2.48. The van der Waals surface area contributed by atoms with Gasteiger partial charge in [0.15, 0.2) is 0 Å². The first-order chi connectivity index (χ1) is 10.9. The van der Waals surface area contributed by atoms with Crippen molar-refractivity contribution in [2.24, 2.45) is 0 Å². The zero-order valence-electron chi connectivity index (χ0n) is 15.5. The molecule has 0 bridgehead atoms. The molecule has 0 N–H and O–H groups in total. The van der Waals surface area contributed by atoms with Crippen LogP contribution in [0.2, 0.25) is 0 Å². The van der Waals surface area contributed by atoms with E-state index in [1.807, 2.05) is 0 Å². The number of hydrogen-bond donors (Lipinski definition) is 0. The molecule has 4 nitrogen and oxygen atoms in total. The van der Waals surface area contributed by atoms with Crippen LogP contribution in [-0.2, 0) is 10.1 Å². The molecule has 0 aromatic heterocycles. The summed E-state index contributed by atoms with van der Waals surface area (Å²) in [6.45, 7) is 14.2. The van der Waals surface area contributed by atoms with Crippen LogP contribution < -0.4 is 0 Å². The van der Waals surface area contributed by atoms with Crippen LogP contribution >= 0.6 is 0 Å². The molecule has 24 heavy (non-hydrogen) atoms. The van der Waals surface area contributed by atoms with Gasteiger partial charge in [-0.05, 0) is 40.5 Å². The van der Waals surface area contributed by atoms with Crippen molar-refractivity contribution >= 4 is 10.1 Å². The first-order valence-corrected chi connectivity index (χ1v) is 10.4. The second-order valence-electron chi connectivity index (χ2n) is 6.00. The monoisotopic (exact) mass is 377 g/mol.